The normalized spacial score (nSPS) is 10.5. The lowest BCUT2D eigenvalue weighted by Crippen LogP contribution is -1.84. The minimum atomic E-state index is 0.254. The minimum Gasteiger partial charge on any atom is -0.508 e. The number of phenolic OH excluding ortho intramolecular Hbond substituents is 1. The molecule has 4 rings (SSSR count). The Hall–Kier alpha value is 0.520. The fourth-order valence-electron chi connectivity index (χ4n) is 2.86. The Morgan fingerprint density at radius 3 is 1.36 bits per heavy atom. The molecule has 0 saturated heterocycles. The van der Waals surface area contributed by atoms with Gasteiger partial charge < -0.3 is 5.11 Å². The van der Waals surface area contributed by atoms with E-state index in [2.05, 4.69) is 146 Å². The van der Waals surface area contributed by atoms with Crippen LogP contribution < -0.4 is 0 Å². The Labute approximate surface area is 259 Å². The van der Waals surface area contributed by atoms with Crippen molar-refractivity contribution in [1.29, 1.82) is 0 Å². The summed E-state index contributed by atoms with van der Waals surface area (Å²) in [5, 5.41) is 9.51. The van der Waals surface area contributed by atoms with Gasteiger partial charge >= 0.3 is 0 Å². The zero-order valence-corrected chi connectivity index (χ0v) is 29.0. The molecule has 0 radical (unpaired) electrons. The van der Waals surface area contributed by atoms with Crippen LogP contribution in [0.5, 0.6) is 5.75 Å². The maximum absolute atomic E-state index is 9.51. The van der Waals surface area contributed by atoms with Crippen LogP contribution in [0.2, 0.25) is 0 Å². The summed E-state index contributed by atoms with van der Waals surface area (Å²) in [6, 6.07) is 21.5. The van der Waals surface area contributed by atoms with Crippen molar-refractivity contribution >= 4 is 127 Å². The fraction of sp³-hybridized carbons (Fsp3) is 0. The van der Waals surface area contributed by atoms with Crippen LogP contribution in [0.1, 0.15) is 0 Å². The molecule has 4 aromatic carbocycles. The molecule has 0 aliphatic heterocycles. The molecule has 0 heterocycles. The second kappa shape index (κ2) is 12.7. The predicted octanol–water partition coefficient (Wildman–Crippen LogP) is 12.5. The molecule has 170 valence electrons. The van der Waals surface area contributed by atoms with Crippen molar-refractivity contribution in [2.45, 2.75) is 0 Å². The molecule has 0 amide bonds. The molecule has 9 heteroatoms. The number of hydrogen-bond donors (Lipinski definition) is 1. The van der Waals surface area contributed by atoms with Crippen LogP contribution in [0, 0.1) is 0 Å². The van der Waals surface area contributed by atoms with Crippen LogP contribution >= 0.6 is 127 Å². The third-order valence-electron chi connectivity index (χ3n) is 4.45. The lowest BCUT2D eigenvalue weighted by atomic mass is 10.1. The maximum atomic E-state index is 9.51. The quantitative estimate of drug-likeness (QED) is 0.157. The first-order valence-electron chi connectivity index (χ1n) is 9.12. The summed E-state index contributed by atoms with van der Waals surface area (Å²) >= 11 is 28.2. The second-order valence-electron chi connectivity index (χ2n) is 6.61. The fourth-order valence-corrected chi connectivity index (χ4v) is 7.34. The smallest absolute Gasteiger partial charge is 0.116 e. The highest BCUT2D eigenvalue weighted by molar-refractivity contribution is 9.15. The van der Waals surface area contributed by atoms with Crippen LogP contribution in [0.3, 0.4) is 0 Å². The van der Waals surface area contributed by atoms with E-state index in [-0.39, 0.29) is 5.75 Å². The van der Waals surface area contributed by atoms with E-state index in [1.165, 1.54) is 5.56 Å². The molecule has 0 spiro atoms. The summed E-state index contributed by atoms with van der Waals surface area (Å²) in [6.07, 6.45) is 0. The van der Waals surface area contributed by atoms with E-state index in [9.17, 15) is 5.11 Å². The number of phenols is 1. The molecular weight excluding hydrogens is 943 g/mol. The Kier molecular flexibility index (Phi) is 10.8. The molecule has 4 aromatic rings. The van der Waals surface area contributed by atoms with E-state index < -0.39 is 0 Å². The zero-order valence-electron chi connectivity index (χ0n) is 16.3. The van der Waals surface area contributed by atoms with E-state index in [4.69, 9.17) is 0 Å². The van der Waals surface area contributed by atoms with Crippen molar-refractivity contribution in [2.24, 2.45) is 0 Å². The molecule has 0 aliphatic carbocycles. The van der Waals surface area contributed by atoms with Gasteiger partial charge in [0.05, 0.1) is 0 Å². The van der Waals surface area contributed by atoms with E-state index >= 15 is 0 Å². The Morgan fingerprint density at radius 1 is 0.424 bits per heavy atom. The van der Waals surface area contributed by atoms with Gasteiger partial charge in [0.2, 0.25) is 0 Å². The molecule has 0 unspecified atom stereocenters. The Morgan fingerprint density at radius 2 is 0.879 bits per heavy atom. The lowest BCUT2D eigenvalue weighted by molar-refractivity contribution is 0.475. The van der Waals surface area contributed by atoms with E-state index in [1.54, 1.807) is 12.1 Å². The molecule has 1 N–H and O–H groups in total. The van der Waals surface area contributed by atoms with Gasteiger partial charge in [-0.25, -0.2) is 0 Å². The van der Waals surface area contributed by atoms with E-state index in [0.29, 0.717) is 0 Å². The molecule has 33 heavy (non-hydrogen) atoms. The van der Waals surface area contributed by atoms with Gasteiger partial charge in [0, 0.05) is 35.8 Å². The molecular formula is C24H12Br8O. The van der Waals surface area contributed by atoms with Gasteiger partial charge in [0.15, 0.2) is 0 Å². The van der Waals surface area contributed by atoms with Crippen LogP contribution in [0.4, 0.5) is 0 Å². The third kappa shape index (κ3) is 6.85. The summed E-state index contributed by atoms with van der Waals surface area (Å²) < 4.78 is 7.89. The molecule has 1 nitrogen and oxygen atoms in total. The Bertz CT molecular complexity index is 1310. The van der Waals surface area contributed by atoms with Gasteiger partial charge in [-0.15, -0.1) is 0 Å². The number of rotatable bonds is 2. The van der Waals surface area contributed by atoms with Crippen LogP contribution in [-0.4, -0.2) is 5.11 Å². The van der Waals surface area contributed by atoms with Crippen molar-refractivity contribution in [2.75, 3.05) is 0 Å². The highest BCUT2D eigenvalue weighted by Crippen LogP contribution is 2.44. The zero-order chi connectivity index (χ0) is 24.3. The van der Waals surface area contributed by atoms with E-state index in [1.807, 2.05) is 36.4 Å². The van der Waals surface area contributed by atoms with Crippen molar-refractivity contribution in [3.63, 3.8) is 0 Å². The summed E-state index contributed by atoms with van der Waals surface area (Å²) in [5.41, 5.74) is 4.29. The molecule has 0 saturated carbocycles. The number of aromatic hydroxyl groups is 1. The highest BCUT2D eigenvalue weighted by atomic mass is 79.9. The van der Waals surface area contributed by atoms with Crippen molar-refractivity contribution < 1.29 is 5.11 Å². The van der Waals surface area contributed by atoms with Gasteiger partial charge in [-0.05, 0) is 174 Å². The van der Waals surface area contributed by atoms with Gasteiger partial charge in [-0.1, -0.05) is 42.5 Å². The second-order valence-corrected chi connectivity index (χ2v) is 13.1. The summed E-state index contributed by atoms with van der Waals surface area (Å²) in [6.45, 7) is 0. The standard InChI is InChI=1S/C12H6Br4O.C12H6Br4/c13-9-5-8(10(14)12(16)11(9)15)6-2-1-3-7(17)4-6;13-9-6-8(7-4-2-1-3-5-7)10(14)12(16)11(9)15/h1-5,17H;1-6H. The monoisotopic (exact) mass is 947 g/mol. The minimum absolute atomic E-state index is 0.254. The SMILES string of the molecule is Brc1cc(-c2ccccc2)c(Br)c(Br)c1Br.Oc1cccc(-c2cc(Br)c(Br)c(Br)c2Br)c1. The highest BCUT2D eigenvalue weighted by Gasteiger charge is 2.14. The van der Waals surface area contributed by atoms with Gasteiger partial charge in [-0.3, -0.25) is 0 Å². The number of halogens is 8. The summed E-state index contributed by atoms with van der Waals surface area (Å²) in [7, 11) is 0. The molecule has 0 aliphatic rings. The van der Waals surface area contributed by atoms with E-state index in [0.717, 1.165) is 52.5 Å². The first-order chi connectivity index (χ1) is 15.6. The summed E-state index contributed by atoms with van der Waals surface area (Å²) in [4.78, 5) is 0. The third-order valence-corrected chi connectivity index (χ3v) is 13.8. The molecule has 0 bridgehead atoms. The van der Waals surface area contributed by atoms with Crippen LogP contribution in [0.25, 0.3) is 22.3 Å². The average Bonchev–Trinajstić information content (AvgIpc) is 2.82. The largest absolute Gasteiger partial charge is 0.508 e. The first-order valence-corrected chi connectivity index (χ1v) is 15.5. The average molecular weight is 956 g/mol. The molecule has 0 atom stereocenters. The Balaban J connectivity index is 0.000000186. The molecule has 0 fully saturated rings. The molecule has 0 aromatic heterocycles. The van der Waals surface area contributed by atoms with Crippen LogP contribution in [-0.2, 0) is 0 Å². The number of hydrogen-bond acceptors (Lipinski definition) is 1. The number of benzene rings is 4. The summed E-state index contributed by atoms with van der Waals surface area (Å²) in [5.74, 6) is 0.254. The van der Waals surface area contributed by atoms with Gasteiger partial charge in [0.25, 0.3) is 0 Å². The van der Waals surface area contributed by atoms with Crippen molar-refractivity contribution in [3.05, 3.63) is 103 Å². The lowest BCUT2D eigenvalue weighted by Gasteiger charge is -2.10. The predicted molar refractivity (Wildman–Crippen MR) is 167 cm³/mol. The topological polar surface area (TPSA) is 20.2 Å². The van der Waals surface area contributed by atoms with Gasteiger partial charge in [0.1, 0.15) is 5.75 Å². The van der Waals surface area contributed by atoms with Gasteiger partial charge in [-0.2, -0.15) is 0 Å². The maximum Gasteiger partial charge on any atom is 0.116 e. The first kappa shape index (κ1) is 28.1. The van der Waals surface area contributed by atoms with Crippen molar-refractivity contribution in [3.8, 4) is 28.0 Å². The van der Waals surface area contributed by atoms with Crippen LogP contribution in [0.15, 0.2) is 103 Å². The van der Waals surface area contributed by atoms with Crippen molar-refractivity contribution in [1.82, 2.24) is 0 Å².